The highest BCUT2D eigenvalue weighted by atomic mass is 15.0. The second-order valence-electron chi connectivity index (χ2n) is 7.02. The molecular weight excluding hydrogens is 244 g/mol. The lowest BCUT2D eigenvalue weighted by Crippen LogP contribution is -2.23. The molecule has 0 aromatic carbocycles. The summed E-state index contributed by atoms with van der Waals surface area (Å²) in [5.41, 5.74) is 10.8. The van der Waals surface area contributed by atoms with E-state index < -0.39 is 0 Å². The van der Waals surface area contributed by atoms with E-state index in [0.29, 0.717) is 0 Å². The van der Waals surface area contributed by atoms with Gasteiger partial charge in [0.15, 0.2) is 0 Å². The van der Waals surface area contributed by atoms with E-state index in [9.17, 15) is 0 Å². The van der Waals surface area contributed by atoms with Gasteiger partial charge in [0.05, 0.1) is 0 Å². The summed E-state index contributed by atoms with van der Waals surface area (Å²) in [5, 5.41) is 0. The van der Waals surface area contributed by atoms with Crippen LogP contribution in [0, 0.1) is 12.8 Å². The summed E-state index contributed by atoms with van der Waals surface area (Å²) in [6, 6.07) is 3.41. The molecule has 0 saturated heterocycles. The average Bonchev–Trinajstić information content (AvgIpc) is 2.78. The molecule has 1 heterocycles. The van der Waals surface area contributed by atoms with Gasteiger partial charge in [-0.1, -0.05) is 19.8 Å². The molecule has 1 aromatic heterocycles. The lowest BCUT2D eigenvalue weighted by Gasteiger charge is -2.33. The lowest BCUT2D eigenvalue weighted by molar-refractivity contribution is 0.256. The van der Waals surface area contributed by atoms with Crippen LogP contribution in [0.4, 0.5) is 0 Å². The van der Waals surface area contributed by atoms with Crippen LogP contribution in [0.25, 0.3) is 0 Å². The first-order valence-electron chi connectivity index (χ1n) is 8.66. The van der Waals surface area contributed by atoms with Crippen molar-refractivity contribution in [1.29, 1.82) is 0 Å². The Morgan fingerprint density at radius 3 is 2.65 bits per heavy atom. The molecule has 0 bridgehead atoms. The maximum Gasteiger partial charge on any atom is 0.0336 e. The van der Waals surface area contributed by atoms with Crippen molar-refractivity contribution in [3.05, 3.63) is 23.0 Å². The SMILES string of the molecule is CCCC1CCC(n2c(C)cc3c2CCCC3N)CC1. The zero-order valence-corrected chi connectivity index (χ0v) is 13.2. The van der Waals surface area contributed by atoms with E-state index in [1.54, 1.807) is 5.69 Å². The largest absolute Gasteiger partial charge is 0.346 e. The van der Waals surface area contributed by atoms with Crippen molar-refractivity contribution in [2.24, 2.45) is 11.7 Å². The second-order valence-corrected chi connectivity index (χ2v) is 7.02. The fraction of sp³-hybridized carbons (Fsp3) is 0.778. The number of aryl methyl sites for hydroxylation is 1. The number of hydrogen-bond acceptors (Lipinski definition) is 1. The van der Waals surface area contributed by atoms with Gasteiger partial charge in [-0.3, -0.25) is 0 Å². The summed E-state index contributed by atoms with van der Waals surface area (Å²) in [6.07, 6.45) is 12.1. The topological polar surface area (TPSA) is 30.9 Å². The van der Waals surface area contributed by atoms with Gasteiger partial charge in [0.1, 0.15) is 0 Å². The number of nitrogens with two attached hydrogens (primary N) is 1. The van der Waals surface area contributed by atoms with E-state index in [1.807, 2.05) is 0 Å². The highest BCUT2D eigenvalue weighted by molar-refractivity contribution is 5.33. The Balaban J connectivity index is 1.78. The quantitative estimate of drug-likeness (QED) is 0.853. The summed E-state index contributed by atoms with van der Waals surface area (Å²) in [4.78, 5) is 0. The summed E-state index contributed by atoms with van der Waals surface area (Å²) < 4.78 is 2.66. The number of aromatic nitrogens is 1. The van der Waals surface area contributed by atoms with E-state index in [2.05, 4.69) is 24.5 Å². The van der Waals surface area contributed by atoms with Gasteiger partial charge in [-0.15, -0.1) is 0 Å². The van der Waals surface area contributed by atoms with Crippen LogP contribution in [0.1, 0.15) is 87.3 Å². The number of fused-ring (bicyclic) bond motifs is 1. The van der Waals surface area contributed by atoms with Crippen LogP contribution in [-0.2, 0) is 6.42 Å². The van der Waals surface area contributed by atoms with Crippen molar-refractivity contribution in [1.82, 2.24) is 4.57 Å². The Labute approximate surface area is 123 Å². The molecule has 2 aliphatic carbocycles. The van der Waals surface area contributed by atoms with Crippen LogP contribution >= 0.6 is 0 Å². The molecule has 1 fully saturated rings. The predicted molar refractivity (Wildman–Crippen MR) is 84.9 cm³/mol. The molecule has 2 N–H and O–H groups in total. The minimum atomic E-state index is 0.287. The molecule has 20 heavy (non-hydrogen) atoms. The molecule has 0 aliphatic heterocycles. The molecular formula is C18H30N2. The van der Waals surface area contributed by atoms with Crippen LogP contribution in [-0.4, -0.2) is 4.57 Å². The van der Waals surface area contributed by atoms with Gasteiger partial charge in [0.25, 0.3) is 0 Å². The maximum absolute atomic E-state index is 6.31. The van der Waals surface area contributed by atoms with Crippen molar-refractivity contribution in [3.63, 3.8) is 0 Å². The Morgan fingerprint density at radius 2 is 1.95 bits per heavy atom. The molecule has 0 radical (unpaired) electrons. The van der Waals surface area contributed by atoms with Gasteiger partial charge in [0, 0.05) is 23.5 Å². The highest BCUT2D eigenvalue weighted by Gasteiger charge is 2.28. The van der Waals surface area contributed by atoms with Crippen LogP contribution in [0.3, 0.4) is 0 Å². The minimum absolute atomic E-state index is 0.287. The van der Waals surface area contributed by atoms with E-state index >= 15 is 0 Å². The van der Waals surface area contributed by atoms with Gasteiger partial charge in [-0.05, 0) is 69.4 Å². The van der Waals surface area contributed by atoms with Crippen molar-refractivity contribution < 1.29 is 0 Å². The van der Waals surface area contributed by atoms with Gasteiger partial charge in [0.2, 0.25) is 0 Å². The zero-order chi connectivity index (χ0) is 14.1. The van der Waals surface area contributed by atoms with Crippen molar-refractivity contribution in [3.8, 4) is 0 Å². The molecule has 2 aliphatic rings. The van der Waals surface area contributed by atoms with E-state index in [1.165, 1.54) is 69.0 Å². The Kier molecular flexibility index (Phi) is 4.21. The minimum Gasteiger partial charge on any atom is -0.346 e. The molecule has 1 aromatic rings. The van der Waals surface area contributed by atoms with Gasteiger partial charge in [-0.2, -0.15) is 0 Å². The molecule has 1 atom stereocenters. The average molecular weight is 274 g/mol. The second kappa shape index (κ2) is 5.93. The first-order chi connectivity index (χ1) is 9.70. The zero-order valence-electron chi connectivity index (χ0n) is 13.2. The van der Waals surface area contributed by atoms with Gasteiger partial charge < -0.3 is 10.3 Å². The Hall–Kier alpha value is -0.760. The molecule has 112 valence electrons. The van der Waals surface area contributed by atoms with Crippen LogP contribution in [0.15, 0.2) is 6.07 Å². The van der Waals surface area contributed by atoms with Crippen molar-refractivity contribution >= 4 is 0 Å². The fourth-order valence-corrected chi connectivity index (χ4v) is 4.57. The lowest BCUT2D eigenvalue weighted by atomic mass is 9.83. The fourth-order valence-electron chi connectivity index (χ4n) is 4.57. The summed E-state index contributed by atoms with van der Waals surface area (Å²) in [5.74, 6) is 0.991. The van der Waals surface area contributed by atoms with Crippen molar-refractivity contribution in [2.75, 3.05) is 0 Å². The highest BCUT2D eigenvalue weighted by Crippen LogP contribution is 2.39. The maximum atomic E-state index is 6.31. The van der Waals surface area contributed by atoms with E-state index in [-0.39, 0.29) is 6.04 Å². The predicted octanol–water partition coefficient (Wildman–Crippen LogP) is 4.66. The number of hydrogen-bond donors (Lipinski definition) is 1. The molecule has 1 unspecified atom stereocenters. The summed E-state index contributed by atoms with van der Waals surface area (Å²) >= 11 is 0. The standard InChI is InChI=1S/C18H30N2/c1-3-5-14-8-10-15(11-9-14)20-13(2)12-16-17(19)6-4-7-18(16)20/h12,14-15,17H,3-11,19H2,1-2H3. The summed E-state index contributed by atoms with van der Waals surface area (Å²) in [7, 11) is 0. The Bertz CT molecular complexity index is 452. The van der Waals surface area contributed by atoms with Crippen LogP contribution in [0.2, 0.25) is 0 Å². The van der Waals surface area contributed by atoms with Crippen LogP contribution in [0.5, 0.6) is 0 Å². The molecule has 0 amide bonds. The normalized spacial score (nSPS) is 30.2. The number of rotatable bonds is 3. The first kappa shape index (κ1) is 14.2. The van der Waals surface area contributed by atoms with Crippen LogP contribution < -0.4 is 5.73 Å². The third-order valence-electron chi connectivity index (χ3n) is 5.57. The molecule has 3 rings (SSSR count). The monoisotopic (exact) mass is 274 g/mol. The van der Waals surface area contributed by atoms with Crippen molar-refractivity contribution in [2.45, 2.75) is 83.7 Å². The smallest absolute Gasteiger partial charge is 0.0336 e. The van der Waals surface area contributed by atoms with Gasteiger partial charge >= 0.3 is 0 Å². The summed E-state index contributed by atoms with van der Waals surface area (Å²) in [6.45, 7) is 4.60. The first-order valence-corrected chi connectivity index (χ1v) is 8.66. The molecule has 2 heteroatoms. The molecule has 1 saturated carbocycles. The third kappa shape index (κ3) is 2.55. The van der Waals surface area contributed by atoms with E-state index in [4.69, 9.17) is 5.73 Å². The third-order valence-corrected chi connectivity index (χ3v) is 5.57. The molecule has 2 nitrogen and oxygen atoms in total. The van der Waals surface area contributed by atoms with E-state index in [0.717, 1.165) is 12.0 Å². The number of nitrogens with zero attached hydrogens (tertiary/aromatic N) is 1. The Morgan fingerprint density at radius 1 is 1.20 bits per heavy atom. The molecule has 0 spiro atoms. The van der Waals surface area contributed by atoms with Gasteiger partial charge in [-0.25, -0.2) is 0 Å².